The first kappa shape index (κ1) is 14.6. The van der Waals surface area contributed by atoms with Gasteiger partial charge in [-0.1, -0.05) is 13.3 Å². The molecule has 1 saturated heterocycles. The first-order valence-electron chi connectivity index (χ1n) is 6.73. The number of likely N-dealkylation sites (tertiary alicyclic amines) is 1. The summed E-state index contributed by atoms with van der Waals surface area (Å²) in [4.78, 5) is 17.2. The molecule has 0 bridgehead atoms. The van der Waals surface area contributed by atoms with Crippen molar-refractivity contribution in [3.8, 4) is 5.88 Å². The molecule has 0 spiro atoms. The van der Waals surface area contributed by atoms with Gasteiger partial charge < -0.3 is 19.5 Å². The molecule has 1 fully saturated rings. The number of carbonyl (C=O) groups excluding carboxylic acids is 1. The predicted octanol–water partition coefficient (Wildman–Crippen LogP) is 1.53. The molecule has 0 unspecified atom stereocenters. The smallest absolute Gasteiger partial charge is 0.409 e. The lowest BCUT2D eigenvalue weighted by molar-refractivity contribution is -0.0943. The fraction of sp³-hybridized carbons (Fsp3) is 0.571. The van der Waals surface area contributed by atoms with E-state index in [-0.39, 0.29) is 19.2 Å². The summed E-state index contributed by atoms with van der Waals surface area (Å²) < 4.78 is 10.1. The van der Waals surface area contributed by atoms with Crippen molar-refractivity contribution in [2.24, 2.45) is 0 Å². The van der Waals surface area contributed by atoms with Crippen molar-refractivity contribution in [2.75, 3.05) is 26.8 Å². The lowest BCUT2D eigenvalue weighted by Crippen LogP contribution is -2.61. The maximum absolute atomic E-state index is 11.7. The topological polar surface area (TPSA) is 71.9 Å². The van der Waals surface area contributed by atoms with Crippen LogP contribution in [-0.4, -0.2) is 47.9 Å². The first-order chi connectivity index (χ1) is 9.59. The quantitative estimate of drug-likeness (QED) is 0.828. The van der Waals surface area contributed by atoms with Crippen molar-refractivity contribution < 1.29 is 19.4 Å². The van der Waals surface area contributed by atoms with Crippen LogP contribution in [0.2, 0.25) is 0 Å². The van der Waals surface area contributed by atoms with E-state index in [2.05, 4.69) is 4.98 Å². The van der Waals surface area contributed by atoms with Crippen LogP contribution in [0.1, 0.15) is 25.3 Å². The summed E-state index contributed by atoms with van der Waals surface area (Å²) in [5.74, 6) is 0.493. The predicted molar refractivity (Wildman–Crippen MR) is 72.5 cm³/mol. The van der Waals surface area contributed by atoms with Gasteiger partial charge in [0, 0.05) is 17.8 Å². The number of pyridine rings is 1. The molecule has 6 nitrogen and oxygen atoms in total. The van der Waals surface area contributed by atoms with Crippen LogP contribution in [0, 0.1) is 0 Å². The number of β-amino-alcohol motifs (C(OH)–C–C–N with tert-alkyl or cyclic N) is 1. The monoisotopic (exact) mass is 280 g/mol. The maximum Gasteiger partial charge on any atom is 0.409 e. The Morgan fingerprint density at radius 3 is 2.80 bits per heavy atom. The van der Waals surface area contributed by atoms with E-state index in [1.807, 2.05) is 6.92 Å². The zero-order valence-corrected chi connectivity index (χ0v) is 11.8. The minimum absolute atomic E-state index is 0.228. The third-order valence-corrected chi connectivity index (χ3v) is 3.37. The summed E-state index contributed by atoms with van der Waals surface area (Å²) in [6, 6.07) is 3.45. The van der Waals surface area contributed by atoms with Crippen LogP contribution in [0.25, 0.3) is 0 Å². The van der Waals surface area contributed by atoms with Crippen molar-refractivity contribution in [3.63, 3.8) is 0 Å². The van der Waals surface area contributed by atoms with Gasteiger partial charge in [-0.05, 0) is 12.5 Å². The van der Waals surface area contributed by atoms with Gasteiger partial charge in [-0.15, -0.1) is 0 Å². The number of methoxy groups -OCH3 is 1. The van der Waals surface area contributed by atoms with Gasteiger partial charge in [0.1, 0.15) is 5.60 Å². The number of hydrogen-bond acceptors (Lipinski definition) is 5. The Morgan fingerprint density at radius 1 is 1.50 bits per heavy atom. The van der Waals surface area contributed by atoms with Crippen molar-refractivity contribution in [2.45, 2.75) is 25.4 Å². The molecule has 0 aliphatic carbocycles. The fourth-order valence-electron chi connectivity index (χ4n) is 2.07. The average Bonchev–Trinajstić information content (AvgIpc) is 2.44. The SMILES string of the molecule is CCCCOC(=O)N1CC(O)(c2ccc(OC)nc2)C1. The summed E-state index contributed by atoms with van der Waals surface area (Å²) in [7, 11) is 1.54. The Balaban J connectivity index is 1.87. The number of aliphatic hydroxyl groups is 1. The third kappa shape index (κ3) is 3.01. The van der Waals surface area contributed by atoms with Crippen LogP contribution < -0.4 is 4.74 Å². The molecule has 1 aliphatic heterocycles. The van der Waals surface area contributed by atoms with Crippen LogP contribution >= 0.6 is 0 Å². The Kier molecular flexibility index (Phi) is 4.44. The normalized spacial score (nSPS) is 16.4. The molecule has 0 atom stereocenters. The highest BCUT2D eigenvalue weighted by Crippen LogP contribution is 2.32. The van der Waals surface area contributed by atoms with E-state index >= 15 is 0 Å². The highest BCUT2D eigenvalue weighted by atomic mass is 16.6. The number of ether oxygens (including phenoxy) is 2. The molecule has 110 valence electrons. The van der Waals surface area contributed by atoms with Gasteiger partial charge in [-0.3, -0.25) is 0 Å². The Morgan fingerprint density at radius 2 is 2.25 bits per heavy atom. The van der Waals surface area contributed by atoms with Crippen molar-refractivity contribution >= 4 is 6.09 Å². The van der Waals surface area contributed by atoms with Crippen LogP contribution in [0.5, 0.6) is 5.88 Å². The van der Waals surface area contributed by atoms with Crippen LogP contribution in [0.15, 0.2) is 18.3 Å². The van der Waals surface area contributed by atoms with Crippen molar-refractivity contribution in [1.29, 1.82) is 0 Å². The fourth-order valence-corrected chi connectivity index (χ4v) is 2.07. The zero-order valence-electron chi connectivity index (χ0n) is 11.8. The number of unbranched alkanes of at least 4 members (excludes halogenated alkanes) is 1. The van der Waals surface area contributed by atoms with E-state index in [1.54, 1.807) is 18.3 Å². The molecule has 1 amide bonds. The van der Waals surface area contributed by atoms with Gasteiger partial charge in [-0.25, -0.2) is 9.78 Å². The summed E-state index contributed by atoms with van der Waals surface area (Å²) in [5.41, 5.74) is -0.362. The molecular weight excluding hydrogens is 260 g/mol. The first-order valence-corrected chi connectivity index (χ1v) is 6.73. The van der Waals surface area contributed by atoms with Crippen molar-refractivity contribution in [1.82, 2.24) is 9.88 Å². The number of nitrogens with zero attached hydrogens (tertiary/aromatic N) is 2. The van der Waals surface area contributed by atoms with Gasteiger partial charge in [0.25, 0.3) is 0 Å². The summed E-state index contributed by atoms with van der Waals surface area (Å²) in [6.45, 7) is 2.92. The molecule has 1 N–H and O–H groups in total. The number of amides is 1. The van der Waals surface area contributed by atoms with Crippen LogP contribution in [-0.2, 0) is 10.3 Å². The second kappa shape index (κ2) is 6.09. The lowest BCUT2D eigenvalue weighted by atomic mass is 9.87. The van der Waals surface area contributed by atoms with Gasteiger partial charge in [0.15, 0.2) is 0 Å². The summed E-state index contributed by atoms with van der Waals surface area (Å²) >= 11 is 0. The van der Waals surface area contributed by atoms with E-state index < -0.39 is 5.60 Å². The minimum atomic E-state index is -1.04. The molecule has 0 radical (unpaired) electrons. The van der Waals surface area contributed by atoms with Gasteiger partial charge in [-0.2, -0.15) is 0 Å². The third-order valence-electron chi connectivity index (χ3n) is 3.37. The number of hydrogen-bond donors (Lipinski definition) is 1. The maximum atomic E-state index is 11.7. The molecule has 1 aromatic rings. The van der Waals surface area contributed by atoms with E-state index in [0.717, 1.165) is 12.8 Å². The molecule has 2 rings (SSSR count). The summed E-state index contributed by atoms with van der Waals surface area (Å²) in [5, 5.41) is 10.4. The van der Waals surface area contributed by atoms with E-state index in [4.69, 9.17) is 9.47 Å². The molecule has 20 heavy (non-hydrogen) atoms. The molecule has 0 aromatic carbocycles. The molecule has 1 aromatic heterocycles. The second-order valence-electron chi connectivity index (χ2n) is 4.94. The largest absolute Gasteiger partial charge is 0.481 e. The molecule has 6 heteroatoms. The standard InChI is InChI=1S/C14H20N2O4/c1-3-4-7-20-13(17)16-9-14(18,10-16)11-5-6-12(19-2)15-8-11/h5-6,8,18H,3-4,7,9-10H2,1-2H3. The number of carbonyl (C=O) groups is 1. The van der Waals surface area contributed by atoms with E-state index in [0.29, 0.717) is 18.1 Å². The van der Waals surface area contributed by atoms with E-state index in [9.17, 15) is 9.90 Å². The second-order valence-corrected chi connectivity index (χ2v) is 4.94. The van der Waals surface area contributed by atoms with Gasteiger partial charge >= 0.3 is 6.09 Å². The molecule has 0 saturated carbocycles. The molecular formula is C14H20N2O4. The Labute approximate surface area is 118 Å². The lowest BCUT2D eigenvalue weighted by Gasteiger charge is -2.45. The average molecular weight is 280 g/mol. The molecule has 2 heterocycles. The number of aromatic nitrogens is 1. The van der Waals surface area contributed by atoms with Crippen LogP contribution in [0.4, 0.5) is 4.79 Å². The Hall–Kier alpha value is -1.82. The highest BCUT2D eigenvalue weighted by molar-refractivity contribution is 5.69. The van der Waals surface area contributed by atoms with Gasteiger partial charge in [0.2, 0.25) is 5.88 Å². The van der Waals surface area contributed by atoms with Crippen LogP contribution in [0.3, 0.4) is 0 Å². The molecule has 1 aliphatic rings. The van der Waals surface area contributed by atoms with Crippen molar-refractivity contribution in [3.05, 3.63) is 23.9 Å². The summed E-state index contributed by atoms with van der Waals surface area (Å²) in [6.07, 6.45) is 3.03. The minimum Gasteiger partial charge on any atom is -0.481 e. The Bertz CT molecular complexity index is 455. The number of rotatable bonds is 5. The van der Waals surface area contributed by atoms with E-state index in [1.165, 1.54) is 12.0 Å². The van der Waals surface area contributed by atoms with Gasteiger partial charge in [0.05, 0.1) is 26.8 Å². The zero-order chi connectivity index (χ0) is 14.6. The highest BCUT2D eigenvalue weighted by Gasteiger charge is 2.46.